The van der Waals surface area contributed by atoms with Crippen LogP contribution in [0.4, 0.5) is 8.78 Å². The minimum Gasteiger partial charge on any atom is -0.292 e. The molecule has 0 aliphatic heterocycles. The summed E-state index contributed by atoms with van der Waals surface area (Å²) in [7, 11) is 0. The topological polar surface area (TPSA) is 40.9 Å². The largest absolute Gasteiger partial charge is 0.292 e. The number of halogens is 3. The van der Waals surface area contributed by atoms with E-state index in [9.17, 15) is 18.8 Å². The fourth-order valence-corrected chi connectivity index (χ4v) is 2.54. The van der Waals surface area contributed by atoms with Crippen LogP contribution in [0.1, 0.15) is 27.4 Å². The summed E-state index contributed by atoms with van der Waals surface area (Å²) in [5.41, 5.74) is 0.900. The normalized spacial score (nSPS) is 11.8. The lowest BCUT2D eigenvalue weighted by atomic mass is 9.89. The zero-order valence-corrected chi connectivity index (χ0v) is 12.6. The number of Topliss-reactive ketones (excluding diaryl/α,β-unsaturated/α-hetero) is 1. The highest BCUT2D eigenvalue weighted by Gasteiger charge is 2.26. The summed E-state index contributed by atoms with van der Waals surface area (Å²) < 4.78 is 27.5. The minimum atomic E-state index is -1.30. The molecule has 2 aromatic carbocycles. The van der Waals surface area contributed by atoms with Gasteiger partial charge in [0.25, 0.3) is 0 Å². The van der Waals surface area contributed by atoms with Crippen molar-refractivity contribution < 1.29 is 13.6 Å². The van der Waals surface area contributed by atoms with Crippen molar-refractivity contribution in [2.75, 3.05) is 0 Å². The molecule has 0 aliphatic rings. The summed E-state index contributed by atoms with van der Waals surface area (Å²) in [6.07, 6.45) is 0. The first-order valence-electron chi connectivity index (χ1n) is 6.09. The molecule has 0 radical (unpaired) electrons. The molecule has 106 valence electrons. The predicted octanol–water partition coefficient (Wildman–Crippen LogP) is 4.53. The molecular weight excluding hydrogens is 340 g/mol. The maximum atomic E-state index is 13.8. The fourth-order valence-electron chi connectivity index (χ4n) is 2.06. The van der Waals surface area contributed by atoms with Gasteiger partial charge in [-0.3, -0.25) is 4.79 Å². The standard InChI is InChI=1S/C16H10BrF2NO/c1-9-6-10(17)2-4-12(9)16(21)14(8-20)13-5-3-11(18)7-15(13)19/h2-7,14H,1H3. The second-order valence-electron chi connectivity index (χ2n) is 4.55. The number of nitrogens with zero attached hydrogens (tertiary/aromatic N) is 1. The highest BCUT2D eigenvalue weighted by Crippen LogP contribution is 2.26. The molecule has 2 rings (SSSR count). The van der Waals surface area contributed by atoms with Crippen molar-refractivity contribution in [2.45, 2.75) is 12.8 Å². The number of hydrogen-bond acceptors (Lipinski definition) is 2. The summed E-state index contributed by atoms with van der Waals surface area (Å²) in [6, 6.07) is 9.62. The van der Waals surface area contributed by atoms with E-state index in [1.54, 1.807) is 31.2 Å². The molecule has 1 atom stereocenters. The van der Waals surface area contributed by atoms with Crippen LogP contribution < -0.4 is 0 Å². The van der Waals surface area contributed by atoms with Gasteiger partial charge in [-0.2, -0.15) is 5.26 Å². The molecule has 0 aliphatic carbocycles. The maximum absolute atomic E-state index is 13.8. The van der Waals surface area contributed by atoms with Crippen LogP contribution in [0.5, 0.6) is 0 Å². The van der Waals surface area contributed by atoms with Crippen LogP contribution in [0, 0.1) is 29.9 Å². The minimum absolute atomic E-state index is 0.119. The number of benzene rings is 2. The van der Waals surface area contributed by atoms with E-state index in [1.807, 2.05) is 0 Å². The first kappa shape index (κ1) is 15.3. The van der Waals surface area contributed by atoms with E-state index in [1.165, 1.54) is 0 Å². The van der Waals surface area contributed by atoms with Crippen LogP contribution in [0.15, 0.2) is 40.9 Å². The molecule has 0 fully saturated rings. The van der Waals surface area contributed by atoms with E-state index in [4.69, 9.17) is 0 Å². The van der Waals surface area contributed by atoms with Crippen LogP contribution in [0.2, 0.25) is 0 Å². The number of rotatable bonds is 3. The monoisotopic (exact) mass is 349 g/mol. The molecule has 21 heavy (non-hydrogen) atoms. The molecule has 2 aromatic rings. The van der Waals surface area contributed by atoms with Gasteiger partial charge in [0, 0.05) is 21.7 Å². The number of hydrogen-bond donors (Lipinski definition) is 0. The van der Waals surface area contributed by atoms with E-state index < -0.39 is 23.3 Å². The number of aryl methyl sites for hydroxylation is 1. The predicted molar refractivity (Wildman–Crippen MR) is 77.9 cm³/mol. The summed E-state index contributed by atoms with van der Waals surface area (Å²) in [6.45, 7) is 1.73. The zero-order chi connectivity index (χ0) is 15.6. The number of nitriles is 1. The van der Waals surface area contributed by atoms with Crippen LogP contribution >= 0.6 is 15.9 Å². The average molecular weight is 350 g/mol. The van der Waals surface area contributed by atoms with Crippen LogP contribution in [-0.2, 0) is 0 Å². The van der Waals surface area contributed by atoms with E-state index in [-0.39, 0.29) is 5.56 Å². The lowest BCUT2D eigenvalue weighted by Crippen LogP contribution is -2.14. The molecule has 0 heterocycles. The number of carbonyl (C=O) groups is 1. The fraction of sp³-hybridized carbons (Fsp3) is 0.125. The molecule has 0 bridgehead atoms. The Labute approximate surface area is 129 Å². The third-order valence-corrected chi connectivity index (χ3v) is 3.61. The highest BCUT2D eigenvalue weighted by molar-refractivity contribution is 9.10. The smallest absolute Gasteiger partial charge is 0.184 e. The van der Waals surface area contributed by atoms with Gasteiger partial charge in [0.15, 0.2) is 5.78 Å². The molecule has 5 heteroatoms. The van der Waals surface area contributed by atoms with Gasteiger partial charge in [0.1, 0.15) is 17.6 Å². The summed E-state index contributed by atoms with van der Waals surface area (Å²) in [5.74, 6) is -3.46. The maximum Gasteiger partial charge on any atom is 0.184 e. The second kappa shape index (κ2) is 6.15. The Morgan fingerprint density at radius 1 is 1.24 bits per heavy atom. The molecule has 0 amide bonds. The van der Waals surface area contributed by atoms with Gasteiger partial charge in [-0.15, -0.1) is 0 Å². The van der Waals surface area contributed by atoms with E-state index in [0.717, 1.165) is 16.6 Å². The van der Waals surface area contributed by atoms with E-state index >= 15 is 0 Å². The Balaban J connectivity index is 2.46. The molecule has 0 saturated carbocycles. The zero-order valence-electron chi connectivity index (χ0n) is 11.0. The second-order valence-corrected chi connectivity index (χ2v) is 5.47. The van der Waals surface area contributed by atoms with Crippen molar-refractivity contribution in [1.82, 2.24) is 0 Å². The average Bonchev–Trinajstić information content (AvgIpc) is 2.41. The Bertz CT molecular complexity index is 752. The molecule has 0 aromatic heterocycles. The van der Waals surface area contributed by atoms with Gasteiger partial charge in [-0.1, -0.05) is 22.0 Å². The van der Waals surface area contributed by atoms with Gasteiger partial charge in [-0.05, 0) is 36.8 Å². The van der Waals surface area contributed by atoms with Crippen molar-refractivity contribution in [3.05, 3.63) is 69.2 Å². The van der Waals surface area contributed by atoms with Gasteiger partial charge < -0.3 is 0 Å². The Kier molecular flexibility index (Phi) is 4.49. The Morgan fingerprint density at radius 2 is 1.95 bits per heavy atom. The summed E-state index contributed by atoms with van der Waals surface area (Å²) in [5, 5.41) is 9.21. The molecule has 0 N–H and O–H groups in total. The lowest BCUT2D eigenvalue weighted by molar-refractivity contribution is 0.0977. The van der Waals surface area contributed by atoms with E-state index in [2.05, 4.69) is 15.9 Å². The van der Waals surface area contributed by atoms with Crippen molar-refractivity contribution in [1.29, 1.82) is 5.26 Å². The van der Waals surface area contributed by atoms with Gasteiger partial charge >= 0.3 is 0 Å². The van der Waals surface area contributed by atoms with Crippen molar-refractivity contribution in [2.24, 2.45) is 0 Å². The van der Waals surface area contributed by atoms with E-state index in [0.29, 0.717) is 17.2 Å². The van der Waals surface area contributed by atoms with Crippen LogP contribution in [0.3, 0.4) is 0 Å². The van der Waals surface area contributed by atoms with Crippen molar-refractivity contribution in [3.8, 4) is 6.07 Å². The summed E-state index contributed by atoms with van der Waals surface area (Å²) in [4.78, 5) is 12.4. The molecule has 0 spiro atoms. The third kappa shape index (κ3) is 3.17. The first-order chi connectivity index (χ1) is 9.93. The molecular formula is C16H10BrF2NO. The lowest BCUT2D eigenvalue weighted by Gasteiger charge is -2.12. The Hall–Kier alpha value is -2.06. The van der Waals surface area contributed by atoms with Crippen molar-refractivity contribution in [3.63, 3.8) is 0 Å². The third-order valence-electron chi connectivity index (χ3n) is 3.12. The number of carbonyl (C=O) groups excluding carboxylic acids is 1. The van der Waals surface area contributed by atoms with Gasteiger partial charge in [0.05, 0.1) is 6.07 Å². The quantitative estimate of drug-likeness (QED) is 0.764. The van der Waals surface area contributed by atoms with Crippen LogP contribution in [-0.4, -0.2) is 5.78 Å². The van der Waals surface area contributed by atoms with Gasteiger partial charge in [-0.25, -0.2) is 8.78 Å². The summed E-state index contributed by atoms with van der Waals surface area (Å²) >= 11 is 3.29. The molecule has 2 nitrogen and oxygen atoms in total. The number of ketones is 1. The highest BCUT2D eigenvalue weighted by atomic mass is 79.9. The SMILES string of the molecule is Cc1cc(Br)ccc1C(=O)C(C#N)c1ccc(F)cc1F. The molecule has 1 unspecified atom stereocenters. The first-order valence-corrected chi connectivity index (χ1v) is 6.88. The van der Waals surface area contributed by atoms with Gasteiger partial charge in [0.2, 0.25) is 0 Å². The molecule has 0 saturated heterocycles. The Morgan fingerprint density at radius 3 is 2.52 bits per heavy atom. The van der Waals surface area contributed by atoms with Crippen molar-refractivity contribution >= 4 is 21.7 Å². The van der Waals surface area contributed by atoms with Crippen LogP contribution in [0.25, 0.3) is 0 Å².